The summed E-state index contributed by atoms with van der Waals surface area (Å²) in [7, 11) is 2.85. The Morgan fingerprint density at radius 2 is 2.10 bits per heavy atom. The fraction of sp³-hybridized carbons (Fsp3) is 0.538. The van der Waals surface area contributed by atoms with Gasteiger partial charge in [-0.1, -0.05) is 0 Å². The number of rotatable bonds is 5. The predicted octanol–water partition coefficient (Wildman–Crippen LogP) is 1.38. The van der Waals surface area contributed by atoms with Gasteiger partial charge in [0.15, 0.2) is 22.5 Å². The fourth-order valence-corrected chi connectivity index (χ4v) is 2.89. The van der Waals surface area contributed by atoms with Gasteiger partial charge in [-0.15, -0.1) is 11.3 Å². The van der Waals surface area contributed by atoms with E-state index in [1.165, 1.54) is 25.4 Å². The largest absolute Gasteiger partial charge is 0.484 e. The summed E-state index contributed by atoms with van der Waals surface area (Å²) in [6.07, 6.45) is -0.419. The molecule has 0 saturated heterocycles. The first-order chi connectivity index (χ1) is 10.1. The van der Waals surface area contributed by atoms with Crippen molar-refractivity contribution < 1.29 is 33.3 Å². The van der Waals surface area contributed by atoms with Crippen molar-refractivity contribution in [2.75, 3.05) is 27.4 Å². The van der Waals surface area contributed by atoms with E-state index in [9.17, 15) is 9.59 Å². The molecule has 2 rings (SSSR count). The van der Waals surface area contributed by atoms with E-state index in [4.69, 9.17) is 23.7 Å². The summed E-state index contributed by atoms with van der Waals surface area (Å²) in [5.74, 6) is -0.0636. The molecule has 1 unspecified atom stereocenters. The molecular formula is C13H16O7S. The van der Waals surface area contributed by atoms with Gasteiger partial charge >= 0.3 is 11.9 Å². The molecule has 0 N–H and O–H groups in total. The van der Waals surface area contributed by atoms with Crippen LogP contribution in [0.15, 0.2) is 0 Å². The second kappa shape index (κ2) is 6.77. The predicted molar refractivity (Wildman–Crippen MR) is 72.9 cm³/mol. The zero-order valence-electron chi connectivity index (χ0n) is 12.0. The lowest BCUT2D eigenvalue weighted by Crippen LogP contribution is -2.34. The van der Waals surface area contributed by atoms with Crippen LogP contribution in [0.5, 0.6) is 11.5 Å². The highest BCUT2D eigenvalue weighted by Gasteiger charge is 2.32. The van der Waals surface area contributed by atoms with E-state index in [1.54, 1.807) is 7.11 Å². The van der Waals surface area contributed by atoms with Gasteiger partial charge in [0.2, 0.25) is 0 Å². The first-order valence-corrected chi connectivity index (χ1v) is 7.04. The molecule has 0 radical (unpaired) electrons. The van der Waals surface area contributed by atoms with Crippen molar-refractivity contribution in [3.8, 4) is 11.5 Å². The molecule has 116 valence electrons. The smallest absolute Gasteiger partial charge is 0.352 e. The monoisotopic (exact) mass is 316 g/mol. The fourth-order valence-electron chi connectivity index (χ4n) is 1.82. The summed E-state index contributed by atoms with van der Waals surface area (Å²) in [5, 5.41) is 0. The van der Waals surface area contributed by atoms with E-state index in [0.29, 0.717) is 16.4 Å². The Balaban J connectivity index is 2.22. The first-order valence-electron chi connectivity index (χ1n) is 6.22. The highest BCUT2D eigenvalue weighted by Crippen LogP contribution is 2.45. The van der Waals surface area contributed by atoms with Gasteiger partial charge in [0.25, 0.3) is 0 Å². The minimum Gasteiger partial charge on any atom is -0.484 e. The lowest BCUT2D eigenvalue weighted by atomic mass is 10.3. The van der Waals surface area contributed by atoms with Gasteiger partial charge in [-0.25, -0.2) is 4.79 Å². The molecule has 0 bridgehead atoms. The normalized spacial score (nSPS) is 16.4. The van der Waals surface area contributed by atoms with Crippen LogP contribution in [0.2, 0.25) is 0 Å². The summed E-state index contributed by atoms with van der Waals surface area (Å²) >= 11 is 1.20. The maximum Gasteiger partial charge on any atom is 0.352 e. The number of thiophene rings is 1. The average molecular weight is 316 g/mol. The van der Waals surface area contributed by atoms with E-state index in [0.717, 1.165) is 4.88 Å². The summed E-state index contributed by atoms with van der Waals surface area (Å²) in [5.41, 5.74) is 0. The molecule has 1 aliphatic rings. The molecule has 0 aliphatic carbocycles. The third-order valence-electron chi connectivity index (χ3n) is 2.71. The summed E-state index contributed by atoms with van der Waals surface area (Å²) in [6.45, 7) is 1.89. The second-order valence-corrected chi connectivity index (χ2v) is 5.40. The zero-order valence-corrected chi connectivity index (χ0v) is 12.8. The molecule has 7 nitrogen and oxygen atoms in total. The number of esters is 2. The third kappa shape index (κ3) is 3.45. The van der Waals surface area contributed by atoms with Gasteiger partial charge in [0.05, 0.1) is 18.6 Å². The van der Waals surface area contributed by atoms with Crippen LogP contribution >= 0.6 is 11.3 Å². The van der Waals surface area contributed by atoms with Crippen molar-refractivity contribution in [2.24, 2.45) is 0 Å². The van der Waals surface area contributed by atoms with Crippen LogP contribution in [0.25, 0.3) is 0 Å². The number of hydrogen-bond donors (Lipinski definition) is 0. The lowest BCUT2D eigenvalue weighted by Gasteiger charge is -2.25. The standard InChI is InChI=1S/C13H16O7S/c1-7(14)18-4-8-5-19-11-10(20-8)9(6-16-2)21-12(11)13(15)17-3/h8H,4-6H2,1-3H3. The van der Waals surface area contributed by atoms with Crippen LogP contribution in [0.4, 0.5) is 0 Å². The second-order valence-electron chi connectivity index (χ2n) is 4.29. The minimum atomic E-state index is -0.486. The molecule has 1 atom stereocenters. The molecule has 2 heterocycles. The molecule has 8 heteroatoms. The van der Waals surface area contributed by atoms with E-state index < -0.39 is 12.1 Å². The average Bonchev–Trinajstić information content (AvgIpc) is 2.83. The Hall–Kier alpha value is -1.80. The van der Waals surface area contributed by atoms with Gasteiger partial charge in [0.1, 0.15) is 13.2 Å². The summed E-state index contributed by atoms with van der Waals surface area (Å²) in [4.78, 5) is 23.6. The lowest BCUT2D eigenvalue weighted by molar-refractivity contribution is -0.144. The van der Waals surface area contributed by atoms with E-state index in [1.807, 2.05) is 0 Å². The van der Waals surface area contributed by atoms with Crippen LogP contribution in [-0.4, -0.2) is 45.5 Å². The van der Waals surface area contributed by atoms with Crippen molar-refractivity contribution in [2.45, 2.75) is 19.6 Å². The molecular weight excluding hydrogens is 300 g/mol. The Labute approximate surface area is 125 Å². The molecule has 0 spiro atoms. The molecule has 0 saturated carbocycles. The van der Waals surface area contributed by atoms with Crippen LogP contribution in [0.3, 0.4) is 0 Å². The first kappa shape index (κ1) is 15.6. The van der Waals surface area contributed by atoms with Gasteiger partial charge in [-0.3, -0.25) is 4.79 Å². The molecule has 1 aliphatic heterocycles. The van der Waals surface area contributed by atoms with Crippen molar-refractivity contribution in [3.05, 3.63) is 9.75 Å². The van der Waals surface area contributed by atoms with Crippen molar-refractivity contribution in [1.29, 1.82) is 0 Å². The molecule has 1 aromatic heterocycles. The number of ether oxygens (including phenoxy) is 5. The quantitative estimate of drug-likeness (QED) is 0.759. The Morgan fingerprint density at radius 1 is 1.33 bits per heavy atom. The van der Waals surface area contributed by atoms with Crippen LogP contribution in [0.1, 0.15) is 21.5 Å². The number of carbonyl (C=O) groups excluding carboxylic acids is 2. The number of methoxy groups -OCH3 is 2. The van der Waals surface area contributed by atoms with Gasteiger partial charge in [-0.2, -0.15) is 0 Å². The number of carbonyl (C=O) groups is 2. The highest BCUT2D eigenvalue weighted by atomic mass is 32.1. The highest BCUT2D eigenvalue weighted by molar-refractivity contribution is 7.14. The topological polar surface area (TPSA) is 80.3 Å². The summed E-state index contributed by atoms with van der Waals surface area (Å²) < 4.78 is 26.1. The van der Waals surface area contributed by atoms with E-state index in [2.05, 4.69) is 0 Å². The SMILES string of the molecule is COCc1sc(C(=O)OC)c2c1OC(COC(C)=O)CO2. The van der Waals surface area contributed by atoms with Crippen LogP contribution < -0.4 is 9.47 Å². The maximum atomic E-state index is 11.7. The van der Waals surface area contributed by atoms with E-state index >= 15 is 0 Å². The minimum absolute atomic E-state index is 0.0879. The Kier molecular flexibility index (Phi) is 5.03. The number of hydrogen-bond acceptors (Lipinski definition) is 8. The summed E-state index contributed by atoms with van der Waals surface area (Å²) in [6, 6.07) is 0. The zero-order chi connectivity index (χ0) is 15.4. The van der Waals surface area contributed by atoms with Crippen LogP contribution in [0, 0.1) is 0 Å². The van der Waals surface area contributed by atoms with Crippen LogP contribution in [-0.2, 0) is 25.6 Å². The third-order valence-corrected chi connectivity index (χ3v) is 3.81. The van der Waals surface area contributed by atoms with Gasteiger partial charge in [-0.05, 0) is 0 Å². The maximum absolute atomic E-state index is 11.7. The molecule has 1 aromatic rings. The Bertz CT molecular complexity index is 537. The van der Waals surface area contributed by atoms with Crippen molar-refractivity contribution >= 4 is 23.3 Å². The Morgan fingerprint density at radius 3 is 2.71 bits per heavy atom. The van der Waals surface area contributed by atoms with Gasteiger partial charge in [0, 0.05) is 14.0 Å². The molecule has 0 aromatic carbocycles. The van der Waals surface area contributed by atoms with Crippen molar-refractivity contribution in [1.82, 2.24) is 0 Å². The molecule has 21 heavy (non-hydrogen) atoms. The van der Waals surface area contributed by atoms with E-state index in [-0.39, 0.29) is 25.8 Å². The molecule has 0 fully saturated rings. The number of fused-ring (bicyclic) bond motifs is 1. The van der Waals surface area contributed by atoms with Gasteiger partial charge < -0.3 is 23.7 Å². The van der Waals surface area contributed by atoms with Crippen molar-refractivity contribution in [3.63, 3.8) is 0 Å². The molecule has 0 amide bonds.